The number of hydrogen-bond donors (Lipinski definition) is 1. The summed E-state index contributed by atoms with van der Waals surface area (Å²) in [4.78, 5) is 20.0. The van der Waals surface area contributed by atoms with Gasteiger partial charge in [-0.2, -0.15) is 4.98 Å². The van der Waals surface area contributed by atoms with Crippen molar-refractivity contribution in [2.75, 3.05) is 5.32 Å². The van der Waals surface area contributed by atoms with E-state index in [1.165, 1.54) is 11.3 Å². The minimum absolute atomic E-state index is 0.210. The number of anilines is 1. The van der Waals surface area contributed by atoms with Gasteiger partial charge in [-0.1, -0.05) is 53.3 Å². The molecule has 0 atom stereocenters. The Kier molecular flexibility index (Phi) is 3.98. The van der Waals surface area contributed by atoms with Crippen LogP contribution in [-0.4, -0.2) is 16.1 Å². The van der Waals surface area contributed by atoms with Crippen molar-refractivity contribution in [3.05, 3.63) is 53.2 Å². The molecule has 1 aromatic carbocycles. The van der Waals surface area contributed by atoms with Crippen molar-refractivity contribution in [1.82, 2.24) is 9.97 Å². The van der Waals surface area contributed by atoms with Gasteiger partial charge in [-0.25, -0.2) is 9.78 Å². The quantitative estimate of drug-likeness (QED) is 0.738. The fraction of sp³-hybridized carbons (Fsp3) is 0.0714. The highest BCUT2D eigenvalue weighted by atomic mass is 35.5. The molecule has 0 fully saturated rings. The molecule has 2 aromatic heterocycles. The van der Waals surface area contributed by atoms with Crippen LogP contribution in [-0.2, 0) is 11.3 Å². The third kappa shape index (κ3) is 3.48. The van der Waals surface area contributed by atoms with Gasteiger partial charge in [-0.05, 0) is 17.7 Å². The lowest BCUT2D eigenvalue weighted by Gasteiger charge is -2.04. The minimum Gasteiger partial charge on any atom is -0.444 e. The van der Waals surface area contributed by atoms with Gasteiger partial charge in [0.2, 0.25) is 0 Å². The van der Waals surface area contributed by atoms with Crippen molar-refractivity contribution < 1.29 is 9.53 Å². The Morgan fingerprint density at radius 3 is 2.81 bits per heavy atom. The van der Waals surface area contributed by atoms with Crippen LogP contribution in [0.2, 0.25) is 5.15 Å². The van der Waals surface area contributed by atoms with E-state index in [2.05, 4.69) is 15.3 Å². The van der Waals surface area contributed by atoms with Crippen LogP contribution in [0, 0.1) is 0 Å². The molecule has 106 valence electrons. The Balaban J connectivity index is 1.63. The maximum absolute atomic E-state index is 11.7. The fourth-order valence-corrected chi connectivity index (χ4v) is 2.63. The summed E-state index contributed by atoms with van der Waals surface area (Å²) in [5.41, 5.74) is 1.43. The zero-order valence-electron chi connectivity index (χ0n) is 10.7. The summed E-state index contributed by atoms with van der Waals surface area (Å²) in [6.07, 6.45) is -0.552. The number of pyridine rings is 1. The fourth-order valence-electron chi connectivity index (χ4n) is 1.70. The van der Waals surface area contributed by atoms with Crippen LogP contribution in [0.3, 0.4) is 0 Å². The summed E-state index contributed by atoms with van der Waals surface area (Å²) in [6, 6.07) is 12.9. The first kappa shape index (κ1) is 13.8. The van der Waals surface area contributed by atoms with E-state index in [0.717, 1.165) is 10.3 Å². The topological polar surface area (TPSA) is 64.1 Å². The third-order valence-electron chi connectivity index (χ3n) is 2.64. The minimum atomic E-state index is -0.552. The Morgan fingerprint density at radius 2 is 2.00 bits per heavy atom. The summed E-state index contributed by atoms with van der Waals surface area (Å²) in [7, 11) is 0. The number of benzene rings is 1. The van der Waals surface area contributed by atoms with Gasteiger partial charge in [0.05, 0.1) is 4.70 Å². The van der Waals surface area contributed by atoms with E-state index in [-0.39, 0.29) is 6.61 Å². The van der Waals surface area contributed by atoms with Gasteiger partial charge in [0.15, 0.2) is 10.8 Å². The molecule has 0 saturated carbocycles. The SMILES string of the molecule is O=C(Nc1nc2nc(Cl)ccc2s1)OCc1ccccc1. The average Bonchev–Trinajstić information content (AvgIpc) is 2.87. The van der Waals surface area contributed by atoms with Crippen molar-refractivity contribution in [1.29, 1.82) is 0 Å². The second kappa shape index (κ2) is 6.07. The molecular formula is C14H10ClN3O2S. The van der Waals surface area contributed by atoms with Crippen LogP contribution in [0.1, 0.15) is 5.56 Å². The Labute approximate surface area is 129 Å². The standard InChI is InChI=1S/C14H10ClN3O2S/c15-11-7-6-10-12(16-11)17-13(21-10)18-14(19)20-8-9-4-2-1-3-5-9/h1-7H,8H2,(H,16,17,18,19). The molecule has 21 heavy (non-hydrogen) atoms. The molecule has 0 radical (unpaired) electrons. The molecule has 0 spiro atoms. The molecule has 0 aliphatic heterocycles. The molecule has 0 unspecified atom stereocenters. The number of ether oxygens (including phenoxy) is 1. The molecule has 0 aliphatic rings. The first-order valence-corrected chi connectivity index (χ1v) is 7.31. The lowest BCUT2D eigenvalue weighted by molar-refractivity contribution is 0.155. The zero-order valence-corrected chi connectivity index (χ0v) is 12.3. The first-order valence-electron chi connectivity index (χ1n) is 6.11. The smallest absolute Gasteiger partial charge is 0.413 e. The van der Waals surface area contributed by atoms with Gasteiger partial charge in [-0.15, -0.1) is 0 Å². The number of nitrogens with zero attached hydrogens (tertiary/aromatic N) is 2. The summed E-state index contributed by atoms with van der Waals surface area (Å²) >= 11 is 7.10. The number of amides is 1. The van der Waals surface area contributed by atoms with Gasteiger partial charge in [0.1, 0.15) is 11.8 Å². The largest absolute Gasteiger partial charge is 0.444 e. The molecule has 1 N–H and O–H groups in total. The molecule has 7 heteroatoms. The van der Waals surface area contributed by atoms with Gasteiger partial charge in [0.25, 0.3) is 0 Å². The maximum Gasteiger partial charge on any atom is 0.413 e. The number of carbonyl (C=O) groups is 1. The maximum atomic E-state index is 11.7. The summed E-state index contributed by atoms with van der Waals surface area (Å²) in [5, 5.41) is 3.38. The molecule has 0 aliphatic carbocycles. The van der Waals surface area contributed by atoms with Crippen molar-refractivity contribution in [2.45, 2.75) is 6.61 Å². The second-order valence-electron chi connectivity index (χ2n) is 4.16. The van der Waals surface area contributed by atoms with Gasteiger partial charge in [-0.3, -0.25) is 5.32 Å². The summed E-state index contributed by atoms with van der Waals surface area (Å²) < 4.78 is 5.97. The highest BCUT2D eigenvalue weighted by Crippen LogP contribution is 2.25. The number of rotatable bonds is 3. The second-order valence-corrected chi connectivity index (χ2v) is 5.58. The van der Waals surface area contributed by atoms with E-state index in [9.17, 15) is 4.79 Å². The van der Waals surface area contributed by atoms with E-state index < -0.39 is 6.09 Å². The Bertz CT molecular complexity index is 776. The molecule has 3 rings (SSSR count). The Morgan fingerprint density at radius 1 is 1.19 bits per heavy atom. The summed E-state index contributed by atoms with van der Waals surface area (Å²) in [5.74, 6) is 0. The Hall–Kier alpha value is -2.18. The average molecular weight is 320 g/mol. The third-order valence-corrected chi connectivity index (χ3v) is 3.78. The number of carbonyl (C=O) groups excluding carboxylic acids is 1. The molecule has 1 amide bonds. The number of fused-ring (bicyclic) bond motifs is 1. The normalized spacial score (nSPS) is 10.5. The van der Waals surface area contributed by atoms with E-state index >= 15 is 0 Å². The molecular weight excluding hydrogens is 310 g/mol. The van der Waals surface area contributed by atoms with Crippen molar-refractivity contribution in [2.24, 2.45) is 0 Å². The lowest BCUT2D eigenvalue weighted by Crippen LogP contribution is -2.13. The molecule has 3 aromatic rings. The van der Waals surface area contributed by atoms with Gasteiger partial charge < -0.3 is 4.74 Å². The van der Waals surface area contributed by atoms with Gasteiger partial charge in [0, 0.05) is 0 Å². The van der Waals surface area contributed by atoms with E-state index in [0.29, 0.717) is 15.9 Å². The highest BCUT2D eigenvalue weighted by molar-refractivity contribution is 7.22. The van der Waals surface area contributed by atoms with E-state index in [1.54, 1.807) is 6.07 Å². The van der Waals surface area contributed by atoms with E-state index in [4.69, 9.17) is 16.3 Å². The van der Waals surface area contributed by atoms with Crippen LogP contribution < -0.4 is 5.32 Å². The van der Waals surface area contributed by atoms with Crippen LogP contribution in [0.15, 0.2) is 42.5 Å². The number of thiazole rings is 1. The van der Waals surface area contributed by atoms with Crippen LogP contribution >= 0.6 is 22.9 Å². The lowest BCUT2D eigenvalue weighted by atomic mass is 10.2. The number of halogens is 1. The predicted molar refractivity (Wildman–Crippen MR) is 82.7 cm³/mol. The van der Waals surface area contributed by atoms with Crippen LogP contribution in [0.5, 0.6) is 0 Å². The zero-order chi connectivity index (χ0) is 14.7. The van der Waals surface area contributed by atoms with E-state index in [1.807, 2.05) is 36.4 Å². The van der Waals surface area contributed by atoms with Crippen molar-refractivity contribution >= 4 is 44.5 Å². The van der Waals surface area contributed by atoms with Crippen LogP contribution in [0.25, 0.3) is 10.3 Å². The van der Waals surface area contributed by atoms with Crippen molar-refractivity contribution in [3.8, 4) is 0 Å². The molecule has 2 heterocycles. The summed E-state index contributed by atoms with van der Waals surface area (Å²) in [6.45, 7) is 0.210. The highest BCUT2D eigenvalue weighted by Gasteiger charge is 2.09. The molecule has 5 nitrogen and oxygen atoms in total. The first-order chi connectivity index (χ1) is 10.2. The number of hydrogen-bond acceptors (Lipinski definition) is 5. The number of nitrogens with one attached hydrogen (secondary N) is 1. The van der Waals surface area contributed by atoms with Crippen LogP contribution in [0.4, 0.5) is 9.93 Å². The molecule has 0 saturated heterocycles. The number of aromatic nitrogens is 2. The molecule has 0 bridgehead atoms. The van der Waals surface area contributed by atoms with Crippen molar-refractivity contribution in [3.63, 3.8) is 0 Å². The van der Waals surface area contributed by atoms with Gasteiger partial charge >= 0.3 is 6.09 Å². The monoisotopic (exact) mass is 319 g/mol. The predicted octanol–water partition coefficient (Wildman–Crippen LogP) is 4.09.